The number of likely N-dealkylation sites (N-methyl/N-ethyl adjacent to an activating group) is 1. The van der Waals surface area contributed by atoms with E-state index >= 15 is 0 Å². The van der Waals surface area contributed by atoms with Crippen LogP contribution in [0.3, 0.4) is 0 Å². The van der Waals surface area contributed by atoms with Crippen LogP contribution in [-0.2, 0) is 16.1 Å². The van der Waals surface area contributed by atoms with Crippen molar-refractivity contribution >= 4 is 39.9 Å². The van der Waals surface area contributed by atoms with Crippen LogP contribution in [0.4, 0.5) is 4.79 Å². The Morgan fingerprint density at radius 1 is 1.04 bits per heavy atom. The van der Waals surface area contributed by atoms with Crippen LogP contribution >= 0.6 is 0 Å². The quantitative estimate of drug-likeness (QED) is 0.676. The number of nitrogens with zero attached hydrogens (tertiary/aromatic N) is 2. The molecule has 0 atom stereocenters. The van der Waals surface area contributed by atoms with Crippen LogP contribution in [0, 0.1) is 0 Å². The molecule has 5 nitrogen and oxygen atoms in total. The van der Waals surface area contributed by atoms with Gasteiger partial charge in [-0.05, 0) is 36.8 Å². The van der Waals surface area contributed by atoms with Gasteiger partial charge in [0.05, 0.1) is 0 Å². The highest BCUT2D eigenvalue weighted by atomic mass is 16.6. The van der Waals surface area contributed by atoms with E-state index in [1.807, 2.05) is 30.3 Å². The topological polar surface area (TPSA) is 51.5 Å². The highest BCUT2D eigenvalue weighted by Gasteiger charge is 2.33. The summed E-state index contributed by atoms with van der Waals surface area (Å²) in [7, 11) is 1.41. The van der Waals surface area contributed by atoms with Gasteiger partial charge in [0.15, 0.2) is 5.76 Å². The summed E-state index contributed by atoms with van der Waals surface area (Å²) >= 11 is 0. The van der Waals surface area contributed by atoms with Gasteiger partial charge in [-0.3, -0.25) is 4.79 Å². The van der Waals surface area contributed by atoms with E-state index in [2.05, 4.69) is 23.6 Å². The van der Waals surface area contributed by atoms with Crippen molar-refractivity contribution in [3.8, 4) is 0 Å². The molecule has 4 rings (SSSR count). The number of carbonyl (C=O) groups is 2. The number of rotatable bonds is 2. The summed E-state index contributed by atoms with van der Waals surface area (Å²) < 4.78 is 7.27. The molecular weight excluding hydrogens is 304 g/mol. The van der Waals surface area contributed by atoms with Crippen molar-refractivity contribution < 1.29 is 14.3 Å². The Hall–Kier alpha value is -3.08. The lowest BCUT2D eigenvalue weighted by atomic mass is 10.1. The first-order chi connectivity index (χ1) is 11.6. The Morgan fingerprint density at radius 3 is 2.50 bits per heavy atom. The molecule has 3 aromatic rings. The van der Waals surface area contributed by atoms with Crippen LogP contribution in [0.5, 0.6) is 0 Å². The van der Waals surface area contributed by atoms with Gasteiger partial charge in [0.25, 0.3) is 5.91 Å². The van der Waals surface area contributed by atoms with Crippen LogP contribution in [0.25, 0.3) is 27.9 Å². The first kappa shape index (κ1) is 14.5. The molecule has 0 spiro atoms. The fraction of sp³-hybridized carbons (Fsp3) is 0.158. The van der Waals surface area contributed by atoms with Gasteiger partial charge in [-0.25, -0.2) is 9.69 Å². The van der Waals surface area contributed by atoms with E-state index in [0.717, 1.165) is 27.9 Å². The Balaban J connectivity index is 1.89. The molecule has 120 valence electrons. The van der Waals surface area contributed by atoms with Gasteiger partial charge in [-0.2, -0.15) is 0 Å². The third-order valence-corrected chi connectivity index (χ3v) is 4.40. The lowest BCUT2D eigenvalue weighted by Crippen LogP contribution is -2.23. The van der Waals surface area contributed by atoms with E-state index in [9.17, 15) is 9.59 Å². The third kappa shape index (κ3) is 2.01. The number of ether oxygens (including phenoxy) is 1. The molecule has 1 aromatic heterocycles. The Bertz CT molecular complexity index is 1030. The predicted molar refractivity (Wildman–Crippen MR) is 92.3 cm³/mol. The van der Waals surface area contributed by atoms with Crippen molar-refractivity contribution in [1.29, 1.82) is 0 Å². The van der Waals surface area contributed by atoms with Crippen LogP contribution in [0.1, 0.15) is 12.5 Å². The zero-order valence-electron chi connectivity index (χ0n) is 13.4. The van der Waals surface area contributed by atoms with Crippen molar-refractivity contribution in [2.45, 2.75) is 13.5 Å². The molecule has 0 unspecified atom stereocenters. The highest BCUT2D eigenvalue weighted by Crippen LogP contribution is 2.30. The average Bonchev–Trinajstić information content (AvgIpc) is 3.04. The molecule has 1 aliphatic heterocycles. The average molecular weight is 320 g/mol. The summed E-state index contributed by atoms with van der Waals surface area (Å²) in [6.45, 7) is 3.00. The van der Waals surface area contributed by atoms with E-state index in [4.69, 9.17) is 4.74 Å². The maximum Gasteiger partial charge on any atom is 0.422 e. The van der Waals surface area contributed by atoms with Gasteiger partial charge in [0, 0.05) is 35.4 Å². The molecule has 24 heavy (non-hydrogen) atoms. The Labute approximate surface area is 138 Å². The van der Waals surface area contributed by atoms with Crippen molar-refractivity contribution in [2.24, 2.45) is 0 Å². The van der Waals surface area contributed by atoms with E-state index in [0.29, 0.717) is 0 Å². The molecule has 1 saturated heterocycles. The second kappa shape index (κ2) is 5.23. The summed E-state index contributed by atoms with van der Waals surface area (Å²) in [4.78, 5) is 24.4. The summed E-state index contributed by atoms with van der Waals surface area (Å²) in [5, 5.41) is 2.29. The number of hydrogen-bond acceptors (Lipinski definition) is 3. The van der Waals surface area contributed by atoms with E-state index in [1.165, 1.54) is 18.0 Å². The molecule has 2 heterocycles. The predicted octanol–water partition coefficient (Wildman–Crippen LogP) is 3.76. The minimum absolute atomic E-state index is 0.0566. The molecule has 0 N–H and O–H groups in total. The number of para-hydroxylation sites is 1. The standard InChI is InChI=1S/C19H16N2O3/c1-3-21-15-7-5-4-6-13(15)14-10-12(8-9-16(14)21)11-17-18(22)20(2)19(23)24-17/h4-11H,3H2,1-2H3/b17-11+. The fourth-order valence-electron chi connectivity index (χ4n) is 3.20. The molecule has 0 bridgehead atoms. The normalized spacial score (nSPS) is 16.6. The number of aromatic nitrogens is 1. The van der Waals surface area contributed by atoms with Gasteiger partial charge < -0.3 is 9.30 Å². The maximum atomic E-state index is 12.0. The fourth-order valence-corrected chi connectivity index (χ4v) is 3.20. The molecule has 1 aliphatic rings. The number of aryl methyl sites for hydroxylation is 1. The summed E-state index contributed by atoms with van der Waals surface area (Å²) in [5.41, 5.74) is 3.16. The SMILES string of the molecule is CCn1c2ccccc2c2cc(/C=C3/OC(=O)N(C)C3=O)ccc21. The van der Waals surface area contributed by atoms with E-state index in [1.54, 1.807) is 6.08 Å². The minimum atomic E-state index is -0.644. The minimum Gasteiger partial charge on any atom is -0.404 e. The number of carbonyl (C=O) groups excluding carboxylic acids is 2. The van der Waals surface area contributed by atoms with Crippen LogP contribution in [0.2, 0.25) is 0 Å². The van der Waals surface area contributed by atoms with Gasteiger partial charge in [-0.15, -0.1) is 0 Å². The molecule has 5 heteroatoms. The van der Waals surface area contributed by atoms with Crippen molar-refractivity contribution in [3.63, 3.8) is 0 Å². The summed E-state index contributed by atoms with van der Waals surface area (Å²) in [5.74, 6) is -0.364. The van der Waals surface area contributed by atoms with Gasteiger partial charge >= 0.3 is 6.09 Å². The Kier molecular flexibility index (Phi) is 3.16. The molecule has 0 saturated carbocycles. The van der Waals surface area contributed by atoms with E-state index in [-0.39, 0.29) is 5.76 Å². The molecular formula is C19H16N2O3. The second-order valence-electron chi connectivity index (χ2n) is 5.78. The molecule has 2 aromatic carbocycles. The lowest BCUT2D eigenvalue weighted by Gasteiger charge is -2.03. The summed E-state index contributed by atoms with van der Waals surface area (Å²) in [6.07, 6.45) is 0.969. The Morgan fingerprint density at radius 2 is 1.79 bits per heavy atom. The number of hydrogen-bond donors (Lipinski definition) is 0. The maximum absolute atomic E-state index is 12.0. The monoisotopic (exact) mass is 320 g/mol. The molecule has 1 fully saturated rings. The van der Waals surface area contributed by atoms with Crippen LogP contribution in [-0.4, -0.2) is 28.5 Å². The van der Waals surface area contributed by atoms with Crippen molar-refractivity contribution in [3.05, 3.63) is 53.8 Å². The number of imide groups is 1. The lowest BCUT2D eigenvalue weighted by molar-refractivity contribution is -0.122. The smallest absolute Gasteiger partial charge is 0.404 e. The van der Waals surface area contributed by atoms with Crippen LogP contribution < -0.4 is 0 Å². The largest absolute Gasteiger partial charge is 0.422 e. The summed E-state index contributed by atoms with van der Waals surface area (Å²) in [6, 6.07) is 14.2. The van der Waals surface area contributed by atoms with Gasteiger partial charge in [0.2, 0.25) is 0 Å². The molecule has 0 radical (unpaired) electrons. The first-order valence-corrected chi connectivity index (χ1v) is 7.82. The van der Waals surface area contributed by atoms with Crippen molar-refractivity contribution in [2.75, 3.05) is 7.05 Å². The van der Waals surface area contributed by atoms with E-state index < -0.39 is 12.0 Å². The zero-order valence-corrected chi connectivity index (χ0v) is 13.4. The molecule has 0 aliphatic carbocycles. The van der Waals surface area contributed by atoms with Gasteiger partial charge in [-0.1, -0.05) is 24.3 Å². The zero-order chi connectivity index (χ0) is 16.8. The number of benzene rings is 2. The molecule has 2 amide bonds. The highest BCUT2D eigenvalue weighted by molar-refractivity contribution is 6.11. The first-order valence-electron chi connectivity index (χ1n) is 7.82. The number of amides is 2. The number of cyclic esters (lactones) is 1. The second-order valence-corrected chi connectivity index (χ2v) is 5.78. The van der Waals surface area contributed by atoms with Gasteiger partial charge in [0.1, 0.15) is 0 Å². The van der Waals surface area contributed by atoms with Crippen LogP contribution in [0.15, 0.2) is 48.2 Å². The third-order valence-electron chi connectivity index (χ3n) is 4.40. The van der Waals surface area contributed by atoms with Crippen molar-refractivity contribution in [1.82, 2.24) is 9.47 Å². The number of fused-ring (bicyclic) bond motifs is 3.